The molecule has 140 valence electrons. The Morgan fingerprint density at radius 2 is 2.00 bits per heavy atom. The lowest BCUT2D eigenvalue weighted by Gasteiger charge is -2.18. The maximum atomic E-state index is 13.2. The van der Waals surface area contributed by atoms with Crippen LogP contribution in [0.2, 0.25) is 0 Å². The van der Waals surface area contributed by atoms with E-state index < -0.39 is 0 Å². The summed E-state index contributed by atoms with van der Waals surface area (Å²) in [7, 11) is 0. The predicted octanol–water partition coefficient (Wildman–Crippen LogP) is 4.82. The van der Waals surface area contributed by atoms with Crippen LogP contribution in [-0.2, 0) is 13.0 Å². The fraction of sp³-hybridized carbons (Fsp3) is 0.545. The maximum Gasteiger partial charge on any atom is 0.263 e. The van der Waals surface area contributed by atoms with E-state index in [4.69, 9.17) is 0 Å². The molecule has 0 saturated heterocycles. The van der Waals surface area contributed by atoms with Gasteiger partial charge in [-0.05, 0) is 37.3 Å². The normalized spacial score (nSPS) is 15.9. The molecule has 3 rings (SSSR count). The predicted molar refractivity (Wildman–Crippen MR) is 109 cm³/mol. The SMILES string of the molecule is CCCCn1c(=O)c(C=NC2CCCCC2)c(O)c2cccc(CC)c21. The third-order valence-electron chi connectivity index (χ3n) is 5.48. The third kappa shape index (κ3) is 3.69. The second kappa shape index (κ2) is 8.52. The van der Waals surface area contributed by atoms with E-state index in [9.17, 15) is 9.90 Å². The summed E-state index contributed by atoms with van der Waals surface area (Å²) in [6, 6.07) is 6.19. The smallest absolute Gasteiger partial charge is 0.263 e. The molecule has 26 heavy (non-hydrogen) atoms. The highest BCUT2D eigenvalue weighted by atomic mass is 16.3. The molecule has 1 aromatic heterocycles. The molecule has 0 amide bonds. The number of unbranched alkanes of at least 4 members (excludes halogenated alkanes) is 1. The van der Waals surface area contributed by atoms with E-state index in [2.05, 4.69) is 18.8 Å². The van der Waals surface area contributed by atoms with Crippen LogP contribution >= 0.6 is 0 Å². The Balaban J connectivity index is 2.14. The summed E-state index contributed by atoms with van der Waals surface area (Å²) in [6.07, 6.45) is 10.3. The molecule has 0 spiro atoms. The Morgan fingerprint density at radius 1 is 1.23 bits per heavy atom. The van der Waals surface area contributed by atoms with Gasteiger partial charge in [0.25, 0.3) is 5.56 Å². The monoisotopic (exact) mass is 354 g/mol. The van der Waals surface area contributed by atoms with E-state index in [1.807, 2.05) is 22.8 Å². The number of rotatable bonds is 6. The van der Waals surface area contributed by atoms with Gasteiger partial charge < -0.3 is 9.67 Å². The Hall–Kier alpha value is -2.10. The van der Waals surface area contributed by atoms with Gasteiger partial charge in [0.2, 0.25) is 0 Å². The Morgan fingerprint density at radius 3 is 2.69 bits per heavy atom. The van der Waals surface area contributed by atoms with Crippen molar-refractivity contribution in [3.8, 4) is 5.75 Å². The molecule has 1 saturated carbocycles. The van der Waals surface area contributed by atoms with Crippen LogP contribution in [0.1, 0.15) is 69.9 Å². The number of benzene rings is 1. The van der Waals surface area contributed by atoms with Gasteiger partial charge in [-0.2, -0.15) is 0 Å². The molecule has 2 aromatic rings. The first kappa shape index (κ1) is 18.7. The van der Waals surface area contributed by atoms with Gasteiger partial charge in [0, 0.05) is 24.2 Å². The number of aromatic nitrogens is 1. The molecule has 1 fully saturated rings. The summed E-state index contributed by atoms with van der Waals surface area (Å²) < 4.78 is 1.85. The van der Waals surface area contributed by atoms with Crippen LogP contribution in [0, 0.1) is 0 Å². The average Bonchev–Trinajstić information content (AvgIpc) is 2.68. The standard InChI is InChI=1S/C22H30N2O2/c1-3-5-14-24-20-16(4-2)10-9-13-18(20)21(25)19(22(24)26)15-23-17-11-7-6-8-12-17/h9-10,13,15,17,25H,3-8,11-12,14H2,1-2H3. The van der Waals surface area contributed by atoms with Gasteiger partial charge in [-0.25, -0.2) is 0 Å². The van der Waals surface area contributed by atoms with Gasteiger partial charge in [-0.1, -0.05) is 51.7 Å². The number of pyridine rings is 1. The number of aryl methyl sites for hydroxylation is 2. The van der Waals surface area contributed by atoms with Crippen LogP contribution in [-0.4, -0.2) is 21.9 Å². The number of hydrogen-bond acceptors (Lipinski definition) is 3. The van der Waals surface area contributed by atoms with E-state index in [0.717, 1.165) is 48.6 Å². The summed E-state index contributed by atoms with van der Waals surface area (Å²) in [5, 5.41) is 11.6. The first-order chi connectivity index (χ1) is 12.7. The van der Waals surface area contributed by atoms with Crippen molar-refractivity contribution in [1.82, 2.24) is 4.57 Å². The second-order valence-corrected chi connectivity index (χ2v) is 7.31. The van der Waals surface area contributed by atoms with Crippen LogP contribution < -0.4 is 5.56 Å². The van der Waals surface area contributed by atoms with Crippen molar-refractivity contribution in [2.45, 2.75) is 77.8 Å². The zero-order chi connectivity index (χ0) is 18.5. The average molecular weight is 354 g/mol. The fourth-order valence-corrected chi connectivity index (χ4v) is 3.94. The molecular weight excluding hydrogens is 324 g/mol. The molecular formula is C22H30N2O2. The maximum absolute atomic E-state index is 13.2. The molecule has 0 unspecified atom stereocenters. The van der Waals surface area contributed by atoms with Gasteiger partial charge in [0.1, 0.15) is 11.3 Å². The third-order valence-corrected chi connectivity index (χ3v) is 5.48. The van der Waals surface area contributed by atoms with Gasteiger partial charge in [-0.3, -0.25) is 9.79 Å². The summed E-state index contributed by atoms with van der Waals surface area (Å²) in [5.41, 5.74) is 2.19. The van der Waals surface area contributed by atoms with Crippen LogP contribution in [0.4, 0.5) is 0 Å². The molecule has 1 heterocycles. The second-order valence-electron chi connectivity index (χ2n) is 7.31. The Kier molecular flexibility index (Phi) is 6.12. The molecule has 0 aliphatic heterocycles. The number of aromatic hydroxyl groups is 1. The van der Waals surface area contributed by atoms with E-state index >= 15 is 0 Å². The molecule has 0 radical (unpaired) electrons. The molecule has 1 N–H and O–H groups in total. The van der Waals surface area contributed by atoms with Gasteiger partial charge in [0.15, 0.2) is 0 Å². The summed E-state index contributed by atoms with van der Waals surface area (Å²) in [4.78, 5) is 17.8. The minimum Gasteiger partial charge on any atom is -0.506 e. The molecule has 1 aliphatic rings. The van der Waals surface area contributed by atoms with Crippen molar-refractivity contribution in [3.05, 3.63) is 39.7 Å². The molecule has 0 atom stereocenters. The number of hydrogen-bond donors (Lipinski definition) is 1. The lowest BCUT2D eigenvalue weighted by atomic mass is 9.96. The zero-order valence-corrected chi connectivity index (χ0v) is 16.0. The van der Waals surface area contributed by atoms with E-state index in [0.29, 0.717) is 12.1 Å². The number of fused-ring (bicyclic) bond motifs is 1. The van der Waals surface area contributed by atoms with Crippen molar-refractivity contribution >= 4 is 17.1 Å². The van der Waals surface area contributed by atoms with Crippen molar-refractivity contribution in [2.24, 2.45) is 4.99 Å². The summed E-state index contributed by atoms with van der Waals surface area (Å²) >= 11 is 0. The quantitative estimate of drug-likeness (QED) is 0.756. The summed E-state index contributed by atoms with van der Waals surface area (Å²) in [5.74, 6) is 0.0765. The fourth-order valence-electron chi connectivity index (χ4n) is 3.94. The lowest BCUT2D eigenvalue weighted by Crippen LogP contribution is -2.25. The minimum absolute atomic E-state index is 0.0765. The molecule has 0 bridgehead atoms. The van der Waals surface area contributed by atoms with Gasteiger partial charge in [-0.15, -0.1) is 0 Å². The van der Waals surface area contributed by atoms with Gasteiger partial charge >= 0.3 is 0 Å². The van der Waals surface area contributed by atoms with Gasteiger partial charge in [0.05, 0.1) is 5.52 Å². The first-order valence-corrected chi connectivity index (χ1v) is 10.1. The van der Waals surface area contributed by atoms with E-state index in [1.165, 1.54) is 19.3 Å². The molecule has 4 nitrogen and oxygen atoms in total. The number of aliphatic imine (C=N–C) groups is 1. The van der Waals surface area contributed by atoms with Crippen molar-refractivity contribution in [1.29, 1.82) is 0 Å². The lowest BCUT2D eigenvalue weighted by molar-refractivity contribution is 0.444. The molecule has 4 heteroatoms. The topological polar surface area (TPSA) is 54.6 Å². The molecule has 1 aliphatic carbocycles. The van der Waals surface area contributed by atoms with Crippen molar-refractivity contribution in [3.63, 3.8) is 0 Å². The molecule has 1 aromatic carbocycles. The van der Waals surface area contributed by atoms with Crippen LogP contribution in [0.5, 0.6) is 5.75 Å². The minimum atomic E-state index is -0.121. The highest BCUT2D eigenvalue weighted by molar-refractivity contribution is 5.96. The van der Waals surface area contributed by atoms with Crippen molar-refractivity contribution in [2.75, 3.05) is 0 Å². The largest absolute Gasteiger partial charge is 0.506 e. The van der Waals surface area contributed by atoms with E-state index in [1.54, 1.807) is 6.21 Å². The number of para-hydroxylation sites is 1. The highest BCUT2D eigenvalue weighted by Gasteiger charge is 2.18. The van der Waals surface area contributed by atoms with Crippen LogP contribution in [0.25, 0.3) is 10.9 Å². The number of nitrogens with zero attached hydrogens (tertiary/aromatic N) is 2. The van der Waals surface area contributed by atoms with E-state index in [-0.39, 0.29) is 17.4 Å². The Bertz CT molecular complexity index is 845. The Labute approximate surface area is 155 Å². The zero-order valence-electron chi connectivity index (χ0n) is 16.0. The van der Waals surface area contributed by atoms with Crippen LogP contribution in [0.3, 0.4) is 0 Å². The first-order valence-electron chi connectivity index (χ1n) is 10.1. The highest BCUT2D eigenvalue weighted by Crippen LogP contribution is 2.29. The van der Waals surface area contributed by atoms with Crippen molar-refractivity contribution < 1.29 is 5.11 Å². The summed E-state index contributed by atoms with van der Waals surface area (Å²) in [6.45, 7) is 4.88. The van der Waals surface area contributed by atoms with Crippen LogP contribution in [0.15, 0.2) is 28.0 Å².